The van der Waals surface area contributed by atoms with Crippen LogP contribution in [0.4, 0.5) is 10.5 Å². The second-order valence-electron chi connectivity index (χ2n) is 8.39. The van der Waals surface area contributed by atoms with Gasteiger partial charge in [0.1, 0.15) is 5.60 Å². The molecule has 0 aromatic heterocycles. The van der Waals surface area contributed by atoms with E-state index < -0.39 is 5.60 Å². The van der Waals surface area contributed by atoms with Crippen molar-refractivity contribution in [2.75, 3.05) is 24.5 Å². The number of amides is 2. The van der Waals surface area contributed by atoms with Crippen LogP contribution in [0.2, 0.25) is 0 Å². The van der Waals surface area contributed by atoms with E-state index in [9.17, 15) is 9.59 Å². The number of carbonyl (C=O) groups is 2. The molecule has 0 radical (unpaired) electrons. The largest absolute Gasteiger partial charge is 0.444 e. The Morgan fingerprint density at radius 2 is 1.78 bits per heavy atom. The first-order valence-electron chi connectivity index (χ1n) is 9.74. The monoisotopic (exact) mass is 375 g/mol. The summed E-state index contributed by atoms with van der Waals surface area (Å²) in [6.45, 7) is 11.6. The van der Waals surface area contributed by atoms with Crippen molar-refractivity contribution in [1.29, 1.82) is 0 Å². The molecule has 1 fully saturated rings. The number of anilines is 1. The van der Waals surface area contributed by atoms with Gasteiger partial charge in [-0.05, 0) is 59.6 Å². The summed E-state index contributed by atoms with van der Waals surface area (Å²) >= 11 is 0. The van der Waals surface area contributed by atoms with E-state index in [1.807, 2.05) is 69.9 Å². The lowest BCUT2D eigenvalue weighted by Crippen LogP contribution is -2.49. The highest BCUT2D eigenvalue weighted by atomic mass is 16.6. The fourth-order valence-corrected chi connectivity index (χ4v) is 3.30. The molecule has 1 aromatic rings. The number of rotatable bonds is 5. The van der Waals surface area contributed by atoms with Crippen molar-refractivity contribution in [3.05, 3.63) is 30.3 Å². The van der Waals surface area contributed by atoms with E-state index >= 15 is 0 Å². The minimum Gasteiger partial charge on any atom is -0.444 e. The molecule has 1 saturated heterocycles. The first-order chi connectivity index (χ1) is 12.7. The molecule has 0 spiro atoms. The SMILES string of the molecule is CC(C)N(C(=O)CN1CCC(NC(=O)OC(C)(C)C)CC1)c1ccccc1. The van der Waals surface area contributed by atoms with E-state index in [0.29, 0.717) is 6.54 Å². The lowest BCUT2D eigenvalue weighted by atomic mass is 10.1. The van der Waals surface area contributed by atoms with Crippen LogP contribution in [-0.4, -0.2) is 54.2 Å². The average Bonchev–Trinajstić information content (AvgIpc) is 2.55. The molecule has 1 aliphatic heterocycles. The third-order valence-electron chi connectivity index (χ3n) is 4.49. The second-order valence-corrected chi connectivity index (χ2v) is 8.39. The third kappa shape index (κ3) is 6.86. The number of piperidine rings is 1. The zero-order valence-corrected chi connectivity index (χ0v) is 17.2. The summed E-state index contributed by atoms with van der Waals surface area (Å²) < 4.78 is 5.31. The fourth-order valence-electron chi connectivity index (χ4n) is 3.30. The number of hydrogen-bond donors (Lipinski definition) is 1. The van der Waals surface area contributed by atoms with Crippen molar-refractivity contribution in [2.45, 2.75) is 65.1 Å². The molecular weight excluding hydrogens is 342 g/mol. The van der Waals surface area contributed by atoms with E-state index in [1.54, 1.807) is 0 Å². The summed E-state index contributed by atoms with van der Waals surface area (Å²) in [6, 6.07) is 9.99. The van der Waals surface area contributed by atoms with Crippen molar-refractivity contribution in [1.82, 2.24) is 10.2 Å². The normalized spacial score (nSPS) is 16.2. The first-order valence-corrected chi connectivity index (χ1v) is 9.74. The Morgan fingerprint density at radius 3 is 2.30 bits per heavy atom. The van der Waals surface area contributed by atoms with Gasteiger partial charge < -0.3 is 15.0 Å². The predicted molar refractivity (Wildman–Crippen MR) is 108 cm³/mol. The molecule has 0 bridgehead atoms. The summed E-state index contributed by atoms with van der Waals surface area (Å²) in [6.07, 6.45) is 1.27. The highest BCUT2D eigenvalue weighted by molar-refractivity contribution is 5.95. The molecule has 0 unspecified atom stereocenters. The zero-order chi connectivity index (χ0) is 20.0. The number of likely N-dealkylation sites (tertiary alicyclic amines) is 1. The number of benzene rings is 1. The van der Waals surface area contributed by atoms with Crippen molar-refractivity contribution >= 4 is 17.7 Å². The van der Waals surface area contributed by atoms with Crippen LogP contribution in [0.3, 0.4) is 0 Å². The molecule has 2 amide bonds. The molecular formula is C21H33N3O3. The van der Waals surface area contributed by atoms with Crippen molar-refractivity contribution in [2.24, 2.45) is 0 Å². The molecule has 0 saturated carbocycles. The maximum absolute atomic E-state index is 12.9. The lowest BCUT2D eigenvalue weighted by Gasteiger charge is -2.34. The summed E-state index contributed by atoms with van der Waals surface area (Å²) in [4.78, 5) is 28.8. The topological polar surface area (TPSA) is 61.9 Å². The number of nitrogens with zero attached hydrogens (tertiary/aromatic N) is 2. The van der Waals surface area contributed by atoms with Crippen molar-refractivity contribution < 1.29 is 14.3 Å². The predicted octanol–water partition coefficient (Wildman–Crippen LogP) is 3.42. The minimum absolute atomic E-state index is 0.0986. The Labute approximate surface area is 162 Å². The van der Waals surface area contributed by atoms with Crippen LogP contribution in [0.5, 0.6) is 0 Å². The van der Waals surface area contributed by atoms with Crippen molar-refractivity contribution in [3.63, 3.8) is 0 Å². The zero-order valence-electron chi connectivity index (χ0n) is 17.2. The van der Waals surface area contributed by atoms with Gasteiger partial charge in [-0.15, -0.1) is 0 Å². The minimum atomic E-state index is -0.491. The number of alkyl carbamates (subject to hydrolysis) is 1. The van der Waals surface area contributed by atoms with E-state index in [1.165, 1.54) is 0 Å². The summed E-state index contributed by atoms with van der Waals surface area (Å²) in [5.74, 6) is 0.106. The highest BCUT2D eigenvalue weighted by Gasteiger charge is 2.26. The van der Waals surface area contributed by atoms with Crippen LogP contribution >= 0.6 is 0 Å². The maximum atomic E-state index is 12.9. The molecule has 1 aromatic carbocycles. The second kappa shape index (κ2) is 9.22. The average molecular weight is 376 g/mol. The molecule has 150 valence electrons. The number of carbonyl (C=O) groups excluding carboxylic acids is 2. The molecule has 1 N–H and O–H groups in total. The lowest BCUT2D eigenvalue weighted by molar-refractivity contribution is -0.120. The molecule has 6 heteroatoms. The van der Waals surface area contributed by atoms with E-state index in [2.05, 4.69) is 10.2 Å². The van der Waals surface area contributed by atoms with E-state index in [-0.39, 0.29) is 24.1 Å². The molecule has 27 heavy (non-hydrogen) atoms. The van der Waals surface area contributed by atoms with Gasteiger partial charge in [-0.2, -0.15) is 0 Å². The van der Waals surface area contributed by atoms with Gasteiger partial charge in [-0.1, -0.05) is 18.2 Å². The number of ether oxygens (including phenoxy) is 1. The summed E-state index contributed by atoms with van der Waals surface area (Å²) in [5.41, 5.74) is 0.438. The number of nitrogens with one attached hydrogen (secondary N) is 1. The van der Waals surface area contributed by atoms with Crippen LogP contribution in [0.1, 0.15) is 47.5 Å². The van der Waals surface area contributed by atoms with Gasteiger partial charge in [-0.25, -0.2) is 4.79 Å². The van der Waals surface area contributed by atoms with Gasteiger partial charge in [0.2, 0.25) is 5.91 Å². The van der Waals surface area contributed by atoms with Gasteiger partial charge in [0.05, 0.1) is 6.54 Å². The van der Waals surface area contributed by atoms with Gasteiger partial charge in [-0.3, -0.25) is 9.69 Å². The smallest absolute Gasteiger partial charge is 0.407 e. The molecule has 2 rings (SSSR count). The van der Waals surface area contributed by atoms with Gasteiger partial charge >= 0.3 is 6.09 Å². The van der Waals surface area contributed by atoms with Gasteiger partial charge in [0.25, 0.3) is 0 Å². The molecule has 6 nitrogen and oxygen atoms in total. The van der Waals surface area contributed by atoms with Crippen LogP contribution in [-0.2, 0) is 9.53 Å². The molecule has 0 atom stereocenters. The Morgan fingerprint density at radius 1 is 1.19 bits per heavy atom. The molecule has 1 heterocycles. The molecule has 0 aliphatic carbocycles. The third-order valence-corrected chi connectivity index (χ3v) is 4.49. The Balaban J connectivity index is 1.84. The number of hydrogen-bond acceptors (Lipinski definition) is 4. The van der Waals surface area contributed by atoms with Crippen LogP contribution in [0.25, 0.3) is 0 Å². The van der Waals surface area contributed by atoms with Gasteiger partial charge in [0.15, 0.2) is 0 Å². The first kappa shape index (κ1) is 21.2. The van der Waals surface area contributed by atoms with Crippen LogP contribution in [0.15, 0.2) is 30.3 Å². The Kier molecular flexibility index (Phi) is 7.25. The summed E-state index contributed by atoms with van der Waals surface area (Å²) in [7, 11) is 0. The highest BCUT2D eigenvalue weighted by Crippen LogP contribution is 2.18. The fraction of sp³-hybridized carbons (Fsp3) is 0.619. The molecule has 1 aliphatic rings. The van der Waals surface area contributed by atoms with E-state index in [4.69, 9.17) is 4.74 Å². The quantitative estimate of drug-likeness (QED) is 0.857. The van der Waals surface area contributed by atoms with Crippen molar-refractivity contribution in [3.8, 4) is 0 Å². The van der Waals surface area contributed by atoms with Crippen LogP contribution in [0, 0.1) is 0 Å². The Hall–Kier alpha value is -2.08. The standard InChI is InChI=1S/C21H33N3O3/c1-16(2)24(18-9-7-6-8-10-18)19(25)15-23-13-11-17(12-14-23)22-20(26)27-21(3,4)5/h6-10,16-17H,11-15H2,1-5H3,(H,22,26). The van der Waals surface area contributed by atoms with Crippen LogP contribution < -0.4 is 10.2 Å². The maximum Gasteiger partial charge on any atom is 0.407 e. The van der Waals surface area contributed by atoms with E-state index in [0.717, 1.165) is 31.6 Å². The van der Waals surface area contributed by atoms with Gasteiger partial charge in [0, 0.05) is 30.9 Å². The summed E-state index contributed by atoms with van der Waals surface area (Å²) in [5, 5.41) is 2.93. The number of para-hydroxylation sites is 1. The Bertz CT molecular complexity index is 617.